The van der Waals surface area contributed by atoms with Crippen molar-refractivity contribution >= 4 is 34.1 Å². The van der Waals surface area contributed by atoms with Crippen LogP contribution in [0.5, 0.6) is 0 Å². The molecule has 4 aromatic heterocycles. The molecule has 0 unspecified atom stereocenters. The van der Waals surface area contributed by atoms with Gasteiger partial charge in [0.1, 0.15) is 0 Å². The van der Waals surface area contributed by atoms with Gasteiger partial charge in [0.15, 0.2) is 0 Å². The van der Waals surface area contributed by atoms with Crippen LogP contribution in [-0.4, -0.2) is 40.3 Å². The summed E-state index contributed by atoms with van der Waals surface area (Å²) in [5.74, 6) is -1.74. The highest BCUT2D eigenvalue weighted by molar-refractivity contribution is 6.10. The summed E-state index contributed by atoms with van der Waals surface area (Å²) in [7, 11) is 5.22. The van der Waals surface area contributed by atoms with E-state index < -0.39 is 23.2 Å². The molecule has 0 radical (unpaired) electrons. The van der Waals surface area contributed by atoms with Crippen LogP contribution in [0.4, 0.5) is 0 Å². The molecule has 4 aromatic rings. The summed E-state index contributed by atoms with van der Waals surface area (Å²) in [5, 5.41) is 0.603. The number of hydrogen-bond donors (Lipinski definition) is 0. The number of fused-ring (bicyclic) bond motifs is 2. The zero-order valence-electron chi connectivity index (χ0n) is 16.3. The molecule has 0 amide bonds. The number of aromatic nitrogens is 3. The summed E-state index contributed by atoms with van der Waals surface area (Å²) in [5.41, 5.74) is -0.738. The van der Waals surface area contributed by atoms with Crippen LogP contribution >= 0.6 is 0 Å². The number of hydrogen-bond acceptors (Lipinski definition) is 9. The lowest BCUT2D eigenvalue weighted by Gasteiger charge is -2.08. The molecule has 0 atom stereocenters. The molecule has 4 rings (SSSR count). The number of methoxy groups -OCH3 is 2. The topological polar surface area (TPSA) is 136 Å². The number of nitrogens with zero attached hydrogens (tertiary/aromatic N) is 3. The first kappa shape index (κ1) is 19.2. The SMILES string of the molecule is COC(=O)c1cc2c(-c3cn(C)c(=O)n(C)c3=O)c3cc(C(=O)OC)oc3nc2o1. The summed E-state index contributed by atoms with van der Waals surface area (Å²) in [6, 6.07) is 2.75. The van der Waals surface area contributed by atoms with Gasteiger partial charge >= 0.3 is 17.6 Å². The fraction of sp³-hybridized carbons (Fsp3) is 0.211. The largest absolute Gasteiger partial charge is 0.463 e. The van der Waals surface area contributed by atoms with E-state index in [1.165, 1.54) is 51.2 Å². The Labute approximate surface area is 167 Å². The van der Waals surface area contributed by atoms with Crippen molar-refractivity contribution in [3.8, 4) is 11.1 Å². The second kappa shape index (κ2) is 6.72. The molecular formula is C19H15N3O8. The Morgan fingerprint density at radius 1 is 0.933 bits per heavy atom. The van der Waals surface area contributed by atoms with Crippen molar-refractivity contribution in [3.63, 3.8) is 0 Å². The van der Waals surface area contributed by atoms with Crippen molar-refractivity contribution in [1.29, 1.82) is 0 Å². The zero-order valence-corrected chi connectivity index (χ0v) is 16.3. The summed E-state index contributed by atoms with van der Waals surface area (Å²) < 4.78 is 22.5. The third-order valence-corrected chi connectivity index (χ3v) is 4.66. The first-order valence-electron chi connectivity index (χ1n) is 8.57. The summed E-state index contributed by atoms with van der Waals surface area (Å²) >= 11 is 0. The molecule has 0 fully saturated rings. The first-order valence-corrected chi connectivity index (χ1v) is 8.57. The van der Waals surface area contributed by atoms with E-state index in [-0.39, 0.29) is 34.1 Å². The van der Waals surface area contributed by atoms with Gasteiger partial charge in [-0.2, -0.15) is 4.98 Å². The molecule has 0 saturated heterocycles. The van der Waals surface area contributed by atoms with Crippen LogP contribution in [-0.2, 0) is 23.6 Å². The third-order valence-electron chi connectivity index (χ3n) is 4.66. The van der Waals surface area contributed by atoms with Crippen LogP contribution in [0.25, 0.3) is 33.3 Å². The predicted octanol–water partition coefficient (Wildman–Crippen LogP) is 1.21. The van der Waals surface area contributed by atoms with E-state index in [0.717, 1.165) is 4.57 Å². The molecule has 0 N–H and O–H groups in total. The smallest absolute Gasteiger partial charge is 0.374 e. The number of aryl methyl sites for hydroxylation is 1. The molecule has 0 aliphatic carbocycles. The van der Waals surface area contributed by atoms with E-state index in [1.54, 1.807) is 0 Å². The minimum atomic E-state index is -0.737. The van der Waals surface area contributed by atoms with Crippen molar-refractivity contribution in [2.75, 3.05) is 14.2 Å². The number of rotatable bonds is 3. The standard InChI is InChI=1S/C19H15N3O8/c1-21-7-10(16(23)22(2)19(21)26)13-8-5-11(17(24)27-3)29-14(8)20-15-9(13)6-12(30-15)18(25)28-4/h5-7H,1-4H3. The summed E-state index contributed by atoms with van der Waals surface area (Å²) in [6.07, 6.45) is 1.36. The van der Waals surface area contributed by atoms with Crippen molar-refractivity contribution in [3.05, 3.63) is 50.7 Å². The van der Waals surface area contributed by atoms with Crippen molar-refractivity contribution in [1.82, 2.24) is 14.1 Å². The maximum absolute atomic E-state index is 12.9. The van der Waals surface area contributed by atoms with E-state index in [2.05, 4.69) is 14.5 Å². The number of carbonyl (C=O) groups excluding carboxylic acids is 2. The number of esters is 2. The van der Waals surface area contributed by atoms with Gasteiger partial charge in [0.2, 0.25) is 22.9 Å². The average molecular weight is 413 g/mol. The number of ether oxygens (including phenoxy) is 2. The Hall–Kier alpha value is -4.15. The highest BCUT2D eigenvalue weighted by Crippen LogP contribution is 2.36. The second-order valence-corrected chi connectivity index (χ2v) is 6.43. The molecule has 0 spiro atoms. The maximum Gasteiger partial charge on any atom is 0.374 e. The van der Waals surface area contributed by atoms with Crippen molar-refractivity contribution < 1.29 is 27.9 Å². The highest BCUT2D eigenvalue weighted by Gasteiger charge is 2.25. The Morgan fingerprint density at radius 2 is 1.43 bits per heavy atom. The lowest BCUT2D eigenvalue weighted by molar-refractivity contribution is 0.0560. The molecule has 0 saturated carbocycles. The second-order valence-electron chi connectivity index (χ2n) is 6.43. The van der Waals surface area contributed by atoms with E-state index >= 15 is 0 Å². The van der Waals surface area contributed by atoms with Crippen LogP contribution in [0.2, 0.25) is 0 Å². The van der Waals surface area contributed by atoms with Gasteiger partial charge in [0.05, 0.1) is 30.6 Å². The minimum Gasteiger partial charge on any atom is -0.463 e. The van der Waals surface area contributed by atoms with Crippen LogP contribution in [0.1, 0.15) is 21.1 Å². The fourth-order valence-corrected chi connectivity index (χ4v) is 3.20. The van der Waals surface area contributed by atoms with E-state index in [1.807, 2.05) is 0 Å². The van der Waals surface area contributed by atoms with Crippen molar-refractivity contribution in [2.24, 2.45) is 14.1 Å². The number of furan rings is 2. The Balaban J connectivity index is 2.18. The molecule has 11 heteroatoms. The summed E-state index contributed by atoms with van der Waals surface area (Å²) in [4.78, 5) is 53.1. The van der Waals surface area contributed by atoms with E-state index in [4.69, 9.17) is 8.83 Å². The highest BCUT2D eigenvalue weighted by atomic mass is 16.5. The normalized spacial score (nSPS) is 11.2. The molecule has 4 heterocycles. The molecule has 0 aliphatic rings. The van der Waals surface area contributed by atoms with Gasteiger partial charge in [-0.1, -0.05) is 0 Å². The Bertz CT molecular complexity index is 1400. The van der Waals surface area contributed by atoms with Crippen LogP contribution in [0.15, 0.2) is 36.8 Å². The van der Waals surface area contributed by atoms with Gasteiger partial charge in [-0.25, -0.2) is 14.4 Å². The molecule has 11 nitrogen and oxygen atoms in total. The fourth-order valence-electron chi connectivity index (χ4n) is 3.20. The third kappa shape index (κ3) is 2.70. The van der Waals surface area contributed by atoms with Gasteiger partial charge in [0.25, 0.3) is 5.56 Å². The molecular weight excluding hydrogens is 398 g/mol. The van der Waals surface area contributed by atoms with Gasteiger partial charge in [0, 0.05) is 38.0 Å². The number of carbonyl (C=O) groups is 2. The molecule has 0 bridgehead atoms. The molecule has 0 aromatic carbocycles. The quantitative estimate of drug-likeness (QED) is 0.454. The predicted molar refractivity (Wildman–Crippen MR) is 102 cm³/mol. The van der Waals surface area contributed by atoms with Crippen molar-refractivity contribution in [2.45, 2.75) is 0 Å². The van der Waals surface area contributed by atoms with Crippen LogP contribution in [0.3, 0.4) is 0 Å². The van der Waals surface area contributed by atoms with E-state index in [9.17, 15) is 19.2 Å². The molecule has 154 valence electrons. The van der Waals surface area contributed by atoms with Crippen LogP contribution in [0, 0.1) is 0 Å². The van der Waals surface area contributed by atoms with Gasteiger partial charge in [-0.15, -0.1) is 0 Å². The minimum absolute atomic E-state index is 0.0143. The number of pyridine rings is 1. The molecule has 0 aliphatic heterocycles. The average Bonchev–Trinajstić information content (AvgIpc) is 3.36. The zero-order chi connectivity index (χ0) is 21.7. The lowest BCUT2D eigenvalue weighted by Crippen LogP contribution is -2.37. The Morgan fingerprint density at radius 3 is 1.90 bits per heavy atom. The van der Waals surface area contributed by atoms with Crippen LogP contribution < -0.4 is 11.2 Å². The van der Waals surface area contributed by atoms with Gasteiger partial charge in [-0.05, 0) is 0 Å². The van der Waals surface area contributed by atoms with Gasteiger partial charge < -0.3 is 22.9 Å². The summed E-state index contributed by atoms with van der Waals surface area (Å²) in [6.45, 7) is 0. The maximum atomic E-state index is 12.9. The Kier molecular flexibility index (Phi) is 4.30. The van der Waals surface area contributed by atoms with Gasteiger partial charge in [-0.3, -0.25) is 9.36 Å². The first-order chi connectivity index (χ1) is 14.3. The molecule has 30 heavy (non-hydrogen) atoms. The lowest BCUT2D eigenvalue weighted by atomic mass is 10.0. The van der Waals surface area contributed by atoms with E-state index in [0.29, 0.717) is 10.8 Å². The monoisotopic (exact) mass is 413 g/mol.